The van der Waals surface area contributed by atoms with E-state index in [1.807, 2.05) is 18.2 Å². The van der Waals surface area contributed by atoms with E-state index >= 15 is 0 Å². The number of hydrogen-bond donors (Lipinski definition) is 3. The van der Waals surface area contributed by atoms with E-state index in [2.05, 4.69) is 10.6 Å². The first kappa shape index (κ1) is 16.5. The van der Waals surface area contributed by atoms with Gasteiger partial charge >= 0.3 is 0 Å². The molecule has 0 saturated heterocycles. The van der Waals surface area contributed by atoms with E-state index in [1.54, 1.807) is 12.1 Å². The second-order valence-electron chi connectivity index (χ2n) is 5.78. The molecule has 0 spiro atoms. The highest BCUT2D eigenvalue weighted by atomic mass is 16.3. The molecule has 5 nitrogen and oxygen atoms in total. The van der Waals surface area contributed by atoms with Crippen molar-refractivity contribution < 1.29 is 14.7 Å². The average Bonchev–Trinajstić information content (AvgIpc) is 3.01. The summed E-state index contributed by atoms with van der Waals surface area (Å²) < 4.78 is 0. The van der Waals surface area contributed by atoms with E-state index in [0.717, 1.165) is 18.4 Å². The van der Waals surface area contributed by atoms with Gasteiger partial charge in [0.2, 0.25) is 11.8 Å². The molecule has 0 aliphatic heterocycles. The first-order valence-electron chi connectivity index (χ1n) is 7.94. The summed E-state index contributed by atoms with van der Waals surface area (Å²) in [5.41, 5.74) is 0.719. The summed E-state index contributed by atoms with van der Waals surface area (Å²) in [5, 5.41) is 15.6. The van der Waals surface area contributed by atoms with Gasteiger partial charge in [0.15, 0.2) is 0 Å². The molecule has 120 valence electrons. The van der Waals surface area contributed by atoms with Crippen LogP contribution in [0.4, 0.5) is 0 Å². The summed E-state index contributed by atoms with van der Waals surface area (Å²) in [4.78, 5) is 23.5. The highest BCUT2D eigenvalue weighted by molar-refractivity contribution is 5.79. The largest absolute Gasteiger partial charge is 0.388 e. The van der Waals surface area contributed by atoms with E-state index in [4.69, 9.17) is 0 Å². The highest BCUT2D eigenvalue weighted by Gasteiger charge is 2.17. The maximum absolute atomic E-state index is 11.8. The van der Waals surface area contributed by atoms with Gasteiger partial charge in [-0.05, 0) is 18.4 Å². The van der Waals surface area contributed by atoms with E-state index in [-0.39, 0.29) is 24.7 Å². The zero-order chi connectivity index (χ0) is 15.8. The van der Waals surface area contributed by atoms with Crippen molar-refractivity contribution in [1.82, 2.24) is 10.6 Å². The Balaban J connectivity index is 1.62. The molecule has 2 amide bonds. The first-order chi connectivity index (χ1) is 10.6. The lowest BCUT2D eigenvalue weighted by Gasteiger charge is -2.13. The number of carbonyl (C=O) groups is 2. The average molecular weight is 304 g/mol. The van der Waals surface area contributed by atoms with Crippen molar-refractivity contribution in [1.29, 1.82) is 0 Å². The van der Waals surface area contributed by atoms with Crippen LogP contribution in [0, 0.1) is 0 Å². The van der Waals surface area contributed by atoms with Crippen LogP contribution in [0.5, 0.6) is 0 Å². The minimum absolute atomic E-state index is 0.00819. The molecule has 2 rings (SSSR count). The van der Waals surface area contributed by atoms with Crippen LogP contribution in [0.2, 0.25) is 0 Å². The number of rotatable bonds is 7. The van der Waals surface area contributed by atoms with Gasteiger partial charge in [0.25, 0.3) is 0 Å². The molecular formula is C17H24N2O3. The molecule has 1 aliphatic rings. The molecule has 5 heteroatoms. The standard InChI is InChI=1S/C17H24N2O3/c20-15(13-6-2-1-3-7-13)12-17(22)18-11-10-16(21)19-14-8-4-5-9-14/h1-3,6-7,14-15,20H,4-5,8-12H2,(H,18,22)(H,19,21). The minimum atomic E-state index is -0.812. The summed E-state index contributed by atoms with van der Waals surface area (Å²) in [6.07, 6.45) is 3.95. The summed E-state index contributed by atoms with van der Waals surface area (Å²) in [6.45, 7) is 0.304. The molecule has 22 heavy (non-hydrogen) atoms. The minimum Gasteiger partial charge on any atom is -0.388 e. The van der Waals surface area contributed by atoms with Gasteiger partial charge in [0.1, 0.15) is 0 Å². The van der Waals surface area contributed by atoms with Crippen molar-refractivity contribution in [3.8, 4) is 0 Å². The van der Waals surface area contributed by atoms with Crippen LogP contribution in [0.3, 0.4) is 0 Å². The molecule has 0 aromatic heterocycles. The fourth-order valence-electron chi connectivity index (χ4n) is 2.73. The van der Waals surface area contributed by atoms with Crippen LogP contribution in [0.15, 0.2) is 30.3 Å². The number of carbonyl (C=O) groups excluding carboxylic acids is 2. The fourth-order valence-corrected chi connectivity index (χ4v) is 2.73. The van der Waals surface area contributed by atoms with Gasteiger partial charge in [-0.3, -0.25) is 9.59 Å². The Morgan fingerprint density at radius 2 is 1.82 bits per heavy atom. The number of hydrogen-bond acceptors (Lipinski definition) is 3. The van der Waals surface area contributed by atoms with Crippen LogP contribution >= 0.6 is 0 Å². The topological polar surface area (TPSA) is 78.4 Å². The number of amides is 2. The number of aliphatic hydroxyl groups is 1. The number of aliphatic hydroxyl groups excluding tert-OH is 1. The normalized spacial score (nSPS) is 16.2. The summed E-state index contributed by atoms with van der Waals surface area (Å²) in [7, 11) is 0. The van der Waals surface area contributed by atoms with E-state index in [0.29, 0.717) is 12.6 Å². The van der Waals surface area contributed by atoms with Gasteiger partial charge in [-0.25, -0.2) is 0 Å². The van der Waals surface area contributed by atoms with Crippen molar-refractivity contribution in [2.45, 2.75) is 50.7 Å². The quantitative estimate of drug-likeness (QED) is 0.717. The van der Waals surface area contributed by atoms with Gasteiger partial charge < -0.3 is 15.7 Å². The summed E-state index contributed by atoms with van der Waals surface area (Å²) in [5.74, 6) is -0.263. The third-order valence-corrected chi connectivity index (χ3v) is 3.96. The SMILES string of the molecule is O=C(CC(O)c1ccccc1)NCCC(=O)NC1CCCC1. The molecule has 1 unspecified atom stereocenters. The van der Waals surface area contributed by atoms with Crippen molar-refractivity contribution >= 4 is 11.8 Å². The second-order valence-corrected chi connectivity index (χ2v) is 5.78. The Morgan fingerprint density at radius 1 is 1.14 bits per heavy atom. The molecule has 1 aliphatic carbocycles. The number of nitrogens with one attached hydrogen (secondary N) is 2. The van der Waals surface area contributed by atoms with Crippen molar-refractivity contribution in [3.63, 3.8) is 0 Å². The van der Waals surface area contributed by atoms with E-state index in [1.165, 1.54) is 12.8 Å². The molecular weight excluding hydrogens is 280 g/mol. The van der Waals surface area contributed by atoms with Crippen LogP contribution in [0.25, 0.3) is 0 Å². The van der Waals surface area contributed by atoms with Crippen LogP contribution < -0.4 is 10.6 Å². The Labute approximate surface area is 131 Å². The Morgan fingerprint density at radius 3 is 2.50 bits per heavy atom. The lowest BCUT2D eigenvalue weighted by Crippen LogP contribution is -2.35. The van der Waals surface area contributed by atoms with Crippen molar-refractivity contribution in [2.75, 3.05) is 6.54 Å². The van der Waals surface area contributed by atoms with Crippen LogP contribution in [-0.2, 0) is 9.59 Å². The van der Waals surface area contributed by atoms with E-state index in [9.17, 15) is 14.7 Å². The molecule has 1 aromatic rings. The highest BCUT2D eigenvalue weighted by Crippen LogP contribution is 2.17. The van der Waals surface area contributed by atoms with E-state index < -0.39 is 6.10 Å². The zero-order valence-electron chi connectivity index (χ0n) is 12.8. The van der Waals surface area contributed by atoms with Gasteiger partial charge in [-0.15, -0.1) is 0 Å². The Kier molecular flexibility index (Phi) is 6.40. The maximum Gasteiger partial charge on any atom is 0.222 e. The predicted molar refractivity (Wildman–Crippen MR) is 84.0 cm³/mol. The van der Waals surface area contributed by atoms with Crippen molar-refractivity contribution in [3.05, 3.63) is 35.9 Å². The molecule has 1 saturated carbocycles. The molecule has 1 aromatic carbocycles. The second kappa shape index (κ2) is 8.54. The monoisotopic (exact) mass is 304 g/mol. The third kappa shape index (κ3) is 5.48. The Hall–Kier alpha value is -1.88. The Bertz CT molecular complexity index is 484. The smallest absolute Gasteiger partial charge is 0.222 e. The van der Waals surface area contributed by atoms with Gasteiger partial charge in [0, 0.05) is 19.0 Å². The molecule has 1 fully saturated rings. The summed E-state index contributed by atoms with van der Waals surface area (Å²) in [6, 6.07) is 9.38. The molecule has 1 atom stereocenters. The van der Waals surface area contributed by atoms with Crippen LogP contribution in [-0.4, -0.2) is 29.5 Å². The maximum atomic E-state index is 11.8. The fraction of sp³-hybridized carbons (Fsp3) is 0.529. The molecule has 3 N–H and O–H groups in total. The third-order valence-electron chi connectivity index (χ3n) is 3.96. The van der Waals surface area contributed by atoms with Crippen molar-refractivity contribution in [2.24, 2.45) is 0 Å². The van der Waals surface area contributed by atoms with Gasteiger partial charge in [-0.2, -0.15) is 0 Å². The zero-order valence-corrected chi connectivity index (χ0v) is 12.8. The van der Waals surface area contributed by atoms with Gasteiger partial charge in [0.05, 0.1) is 12.5 Å². The molecule has 0 heterocycles. The number of benzene rings is 1. The van der Waals surface area contributed by atoms with Gasteiger partial charge in [-0.1, -0.05) is 43.2 Å². The van der Waals surface area contributed by atoms with Crippen LogP contribution in [0.1, 0.15) is 50.2 Å². The molecule has 0 radical (unpaired) electrons. The predicted octanol–water partition coefficient (Wildman–Crippen LogP) is 1.68. The molecule has 0 bridgehead atoms. The summed E-state index contributed by atoms with van der Waals surface area (Å²) >= 11 is 0. The first-order valence-corrected chi connectivity index (χ1v) is 7.94. The lowest BCUT2D eigenvalue weighted by atomic mass is 10.1. The lowest BCUT2D eigenvalue weighted by molar-refractivity contribution is -0.123.